The maximum Gasteiger partial charge on any atom is 0.416 e. The lowest BCUT2D eigenvalue weighted by atomic mass is 9.75. The third-order valence-electron chi connectivity index (χ3n) is 9.21. The number of carboxylic acid groups (broad SMARTS) is 1. The van der Waals surface area contributed by atoms with Crippen LogP contribution in [0.25, 0.3) is 10.9 Å². The van der Waals surface area contributed by atoms with Crippen molar-refractivity contribution < 1.29 is 43.2 Å². The van der Waals surface area contributed by atoms with E-state index in [1.807, 2.05) is 43.3 Å². The van der Waals surface area contributed by atoms with E-state index in [1.54, 1.807) is 32.9 Å². The van der Waals surface area contributed by atoms with E-state index in [2.05, 4.69) is 15.4 Å². The van der Waals surface area contributed by atoms with Crippen LogP contribution in [0.1, 0.15) is 66.5 Å². The molecule has 2 heterocycles. The minimum atomic E-state index is -4.50. The highest BCUT2D eigenvalue weighted by Crippen LogP contribution is 2.50. The van der Waals surface area contributed by atoms with Gasteiger partial charge in [0.05, 0.1) is 34.8 Å². The Bertz CT molecular complexity index is 1880. The van der Waals surface area contributed by atoms with Crippen LogP contribution in [0.15, 0.2) is 72.8 Å². The molecule has 10 nitrogen and oxygen atoms in total. The fourth-order valence-electron chi connectivity index (χ4n) is 6.71. The molecule has 0 aliphatic carbocycles. The number of nitrogens with zero attached hydrogens (tertiary/aromatic N) is 1. The van der Waals surface area contributed by atoms with Crippen LogP contribution in [-0.4, -0.2) is 60.7 Å². The average molecular weight is 729 g/mol. The van der Waals surface area contributed by atoms with Crippen LogP contribution in [0.2, 0.25) is 0 Å². The number of nitrogens with one attached hydrogen (secondary N) is 3. The summed E-state index contributed by atoms with van der Waals surface area (Å²) in [6, 6.07) is 16.7. The first kappa shape index (κ1) is 38.2. The van der Waals surface area contributed by atoms with Crippen molar-refractivity contribution in [2.75, 3.05) is 11.3 Å². The molecule has 0 radical (unpaired) electrons. The minimum Gasteiger partial charge on any atom is -0.481 e. The normalized spacial score (nSPS) is 17.6. The summed E-state index contributed by atoms with van der Waals surface area (Å²) in [6.07, 6.45) is -4.98. The van der Waals surface area contributed by atoms with Crippen LogP contribution >= 0.6 is 11.9 Å². The van der Waals surface area contributed by atoms with E-state index in [0.717, 1.165) is 23.3 Å². The van der Waals surface area contributed by atoms with E-state index in [0.29, 0.717) is 40.5 Å². The molecule has 2 unspecified atom stereocenters. The lowest BCUT2D eigenvalue weighted by Crippen LogP contribution is -2.51. The molecule has 0 fully saturated rings. The highest BCUT2D eigenvalue weighted by Gasteiger charge is 2.53. The van der Waals surface area contributed by atoms with E-state index in [-0.39, 0.29) is 25.2 Å². The molecule has 14 heteroatoms. The van der Waals surface area contributed by atoms with Gasteiger partial charge < -0.3 is 40.3 Å². The Balaban J connectivity index is 1.53. The molecule has 1 amide bonds. The van der Waals surface area contributed by atoms with Crippen LogP contribution in [0.3, 0.4) is 0 Å². The van der Waals surface area contributed by atoms with Crippen LogP contribution in [0, 0.1) is 11.3 Å². The fraction of sp³-hybridized carbons (Fsp3) is 0.405. The molecule has 0 saturated carbocycles. The van der Waals surface area contributed by atoms with Crippen molar-refractivity contribution in [2.24, 2.45) is 11.3 Å². The summed E-state index contributed by atoms with van der Waals surface area (Å²) in [5, 5.41) is 48.8. The summed E-state index contributed by atoms with van der Waals surface area (Å²) in [7, 11) is 0. The smallest absolute Gasteiger partial charge is 0.416 e. The molecule has 1 aliphatic rings. The number of anilines is 1. The SMILES string of the molecule is CCc1ccc2c3c1cc(C(=O)N[C@@H](Cc1ccccc1)[C@H](O)CNCc1cccc(C(F)(F)F)c1)n3C(C(C(=O)O)C(C)(C)C)C(O)(O)SN2. The maximum atomic E-state index is 14.5. The van der Waals surface area contributed by atoms with Crippen molar-refractivity contribution in [1.29, 1.82) is 0 Å². The van der Waals surface area contributed by atoms with Crippen molar-refractivity contribution in [3.8, 4) is 0 Å². The van der Waals surface area contributed by atoms with Crippen molar-refractivity contribution >= 4 is 40.4 Å². The molecular weight excluding hydrogens is 685 g/mol. The Morgan fingerprint density at radius 3 is 2.31 bits per heavy atom. The third kappa shape index (κ3) is 8.36. The van der Waals surface area contributed by atoms with Crippen LogP contribution in [-0.2, 0) is 30.4 Å². The van der Waals surface area contributed by atoms with Gasteiger partial charge >= 0.3 is 12.1 Å². The first-order valence-electron chi connectivity index (χ1n) is 16.6. The molecule has 4 atom stereocenters. The topological polar surface area (TPSA) is 156 Å². The molecule has 3 aromatic carbocycles. The molecule has 7 N–H and O–H groups in total. The zero-order valence-electron chi connectivity index (χ0n) is 28.7. The van der Waals surface area contributed by atoms with Crippen LogP contribution in [0.4, 0.5) is 18.9 Å². The molecule has 5 rings (SSSR count). The van der Waals surface area contributed by atoms with E-state index in [1.165, 1.54) is 16.7 Å². The van der Waals surface area contributed by atoms with Gasteiger partial charge in [0, 0.05) is 30.4 Å². The zero-order chi connectivity index (χ0) is 37.3. The van der Waals surface area contributed by atoms with Gasteiger partial charge in [0.25, 0.3) is 11.0 Å². The number of aliphatic carboxylic acids is 1. The van der Waals surface area contributed by atoms with Crippen LogP contribution < -0.4 is 15.4 Å². The van der Waals surface area contributed by atoms with Gasteiger partial charge in [-0.05, 0) is 53.1 Å². The number of amides is 1. The van der Waals surface area contributed by atoms with E-state index >= 15 is 0 Å². The summed E-state index contributed by atoms with van der Waals surface area (Å²) >= 11 is 0.544. The maximum absolute atomic E-state index is 14.5. The van der Waals surface area contributed by atoms with Crippen molar-refractivity contribution in [3.63, 3.8) is 0 Å². The molecule has 4 aromatic rings. The number of hydrogen-bond donors (Lipinski definition) is 7. The standard InChI is InChI=1S/C37H43F3N4O6S/c1-5-23-14-15-26-31-25(23)18-28(44(31)32(37(49,50)51-43-26)30(34(47)48)35(2,3)4)33(46)42-27(17-21-10-7-6-8-11-21)29(45)20-41-19-22-12-9-13-24(16-22)36(38,39)40/h6-16,18,27,29-30,32,41,43,45,49-50H,5,17,19-20H2,1-4H3,(H,42,46)(H,47,48)/t27-,29+,30?,32?/m0/s1. The first-order valence-corrected chi connectivity index (χ1v) is 17.4. The second-order valence-electron chi connectivity index (χ2n) is 13.9. The number of carbonyl (C=O) groups is 2. The quantitative estimate of drug-likeness (QED) is 0.0717. The van der Waals surface area contributed by atoms with E-state index in [4.69, 9.17) is 0 Å². The summed E-state index contributed by atoms with van der Waals surface area (Å²) in [5.74, 6) is -3.36. The number of carbonyl (C=O) groups excluding carboxylic acids is 1. The summed E-state index contributed by atoms with van der Waals surface area (Å²) in [4.78, 5) is 27.3. The number of rotatable bonds is 12. The molecule has 0 spiro atoms. The summed E-state index contributed by atoms with van der Waals surface area (Å²) in [6.45, 7) is 6.88. The Morgan fingerprint density at radius 2 is 1.69 bits per heavy atom. The van der Waals surface area contributed by atoms with Gasteiger partial charge in [0.15, 0.2) is 0 Å². The summed E-state index contributed by atoms with van der Waals surface area (Å²) < 4.78 is 44.1. The Kier molecular flexibility index (Phi) is 11.1. The number of alkyl halides is 3. The molecule has 274 valence electrons. The van der Waals surface area contributed by atoms with Gasteiger partial charge in [-0.1, -0.05) is 82.3 Å². The molecule has 1 aliphatic heterocycles. The minimum absolute atomic E-state index is 0.0224. The fourth-order valence-corrected chi connectivity index (χ4v) is 7.50. The lowest BCUT2D eigenvalue weighted by molar-refractivity contribution is -0.168. The number of benzene rings is 3. The Labute approximate surface area is 298 Å². The molecular formula is C37H43F3N4O6S. The van der Waals surface area contributed by atoms with Crippen molar-refractivity contribution in [2.45, 2.75) is 76.6 Å². The Morgan fingerprint density at radius 1 is 1.00 bits per heavy atom. The highest BCUT2D eigenvalue weighted by atomic mass is 32.2. The highest BCUT2D eigenvalue weighted by molar-refractivity contribution is 8.01. The number of carboxylic acids is 1. The second-order valence-corrected chi connectivity index (χ2v) is 15.0. The van der Waals surface area contributed by atoms with Gasteiger partial charge in [-0.2, -0.15) is 13.2 Å². The number of hydrogen-bond acceptors (Lipinski definition) is 8. The summed E-state index contributed by atoms with van der Waals surface area (Å²) in [5.41, 5.74) is 1.06. The predicted molar refractivity (Wildman–Crippen MR) is 190 cm³/mol. The average Bonchev–Trinajstić information content (AvgIpc) is 3.40. The number of aryl methyl sites for hydroxylation is 1. The van der Waals surface area contributed by atoms with Crippen molar-refractivity contribution in [1.82, 2.24) is 15.2 Å². The second kappa shape index (κ2) is 14.9. The monoisotopic (exact) mass is 728 g/mol. The van der Waals surface area contributed by atoms with Gasteiger partial charge in [0.1, 0.15) is 11.7 Å². The predicted octanol–water partition coefficient (Wildman–Crippen LogP) is 5.71. The molecule has 0 bridgehead atoms. The molecule has 0 saturated heterocycles. The molecule has 1 aromatic heterocycles. The number of aromatic nitrogens is 1. The number of halogens is 3. The van der Waals surface area contributed by atoms with Gasteiger partial charge in [-0.15, -0.1) is 0 Å². The Hall–Kier alpha value is -4.08. The van der Waals surface area contributed by atoms with E-state index in [9.17, 15) is 43.2 Å². The van der Waals surface area contributed by atoms with Crippen molar-refractivity contribution in [3.05, 3.63) is 101 Å². The molecule has 51 heavy (non-hydrogen) atoms. The third-order valence-corrected chi connectivity index (χ3v) is 10.1. The van der Waals surface area contributed by atoms with Gasteiger partial charge in [-0.25, -0.2) is 0 Å². The zero-order valence-corrected chi connectivity index (χ0v) is 29.5. The van der Waals surface area contributed by atoms with Crippen LogP contribution in [0.5, 0.6) is 0 Å². The van der Waals surface area contributed by atoms with E-state index < -0.39 is 58.3 Å². The van der Waals surface area contributed by atoms with Gasteiger partial charge in [-0.3, -0.25) is 9.59 Å². The van der Waals surface area contributed by atoms with Gasteiger partial charge in [0.2, 0.25) is 0 Å². The number of aliphatic hydroxyl groups is 3. The number of aliphatic hydroxyl groups excluding tert-OH is 1. The first-order chi connectivity index (χ1) is 23.9. The largest absolute Gasteiger partial charge is 0.481 e. The lowest BCUT2D eigenvalue weighted by Gasteiger charge is -2.40.